The summed E-state index contributed by atoms with van der Waals surface area (Å²) in [6.07, 6.45) is 6.18. The van der Waals surface area contributed by atoms with Gasteiger partial charge in [-0.15, -0.1) is 0 Å². The summed E-state index contributed by atoms with van der Waals surface area (Å²) in [5, 5.41) is 7.45. The molecule has 1 fully saturated rings. The van der Waals surface area contributed by atoms with E-state index >= 15 is 0 Å². The van der Waals surface area contributed by atoms with Gasteiger partial charge in [-0.3, -0.25) is 4.99 Å². The van der Waals surface area contributed by atoms with Gasteiger partial charge in [-0.25, -0.2) is 0 Å². The number of rotatable bonds is 7. The van der Waals surface area contributed by atoms with Gasteiger partial charge in [0.1, 0.15) is 13.2 Å². The third kappa shape index (κ3) is 5.20. The summed E-state index contributed by atoms with van der Waals surface area (Å²) in [6, 6.07) is 3.88. The van der Waals surface area contributed by atoms with Crippen LogP contribution in [0.4, 0.5) is 0 Å². The maximum atomic E-state index is 6.32. The first-order valence-corrected chi connectivity index (χ1v) is 10.0. The van der Waals surface area contributed by atoms with Crippen LogP contribution in [0.25, 0.3) is 0 Å². The molecular formula is C20H30ClN3O3. The number of hydrogen-bond acceptors (Lipinski definition) is 4. The normalized spacial score (nSPS) is 18.4. The number of aliphatic imine (C=N–C) groups is 1. The molecule has 1 heterocycles. The maximum absolute atomic E-state index is 6.32. The van der Waals surface area contributed by atoms with E-state index in [0.29, 0.717) is 41.7 Å². The predicted molar refractivity (Wildman–Crippen MR) is 108 cm³/mol. The topological polar surface area (TPSA) is 64.1 Å². The van der Waals surface area contributed by atoms with E-state index in [-0.39, 0.29) is 0 Å². The van der Waals surface area contributed by atoms with Crippen LogP contribution in [0.1, 0.15) is 37.7 Å². The molecule has 0 amide bonds. The standard InChI is InChI=1S/C20H30ClN3O3/c1-22-19(24-14-20(7-8-25-2)5-3-4-6-20)23-13-15-11-16(21)18-17(12-15)26-9-10-27-18/h11-12H,3-10,13-14H2,1-2H3,(H2,22,23,24). The molecule has 6 nitrogen and oxygen atoms in total. The number of halogens is 1. The van der Waals surface area contributed by atoms with E-state index in [9.17, 15) is 0 Å². The number of benzene rings is 1. The molecule has 2 aliphatic rings. The number of ether oxygens (including phenoxy) is 3. The van der Waals surface area contributed by atoms with Crippen molar-refractivity contribution in [3.63, 3.8) is 0 Å². The number of methoxy groups -OCH3 is 1. The fourth-order valence-corrected chi connectivity index (χ4v) is 4.19. The Morgan fingerprint density at radius 1 is 1.22 bits per heavy atom. The van der Waals surface area contributed by atoms with E-state index in [0.717, 1.165) is 31.1 Å². The van der Waals surface area contributed by atoms with Crippen LogP contribution in [0.3, 0.4) is 0 Å². The van der Waals surface area contributed by atoms with Crippen LogP contribution in [-0.2, 0) is 11.3 Å². The molecule has 1 aromatic carbocycles. The van der Waals surface area contributed by atoms with Crippen molar-refractivity contribution in [2.24, 2.45) is 10.4 Å². The summed E-state index contributed by atoms with van der Waals surface area (Å²) in [5.41, 5.74) is 1.34. The monoisotopic (exact) mass is 395 g/mol. The number of nitrogens with zero attached hydrogens (tertiary/aromatic N) is 1. The summed E-state index contributed by atoms with van der Waals surface area (Å²) in [4.78, 5) is 4.36. The highest BCUT2D eigenvalue weighted by atomic mass is 35.5. The van der Waals surface area contributed by atoms with Crippen molar-refractivity contribution < 1.29 is 14.2 Å². The Morgan fingerprint density at radius 3 is 2.74 bits per heavy atom. The zero-order chi connectivity index (χ0) is 19.1. The van der Waals surface area contributed by atoms with Gasteiger partial charge in [0.05, 0.1) is 5.02 Å². The van der Waals surface area contributed by atoms with E-state index in [1.54, 1.807) is 14.2 Å². The van der Waals surface area contributed by atoms with Gasteiger partial charge in [0.2, 0.25) is 0 Å². The molecule has 27 heavy (non-hydrogen) atoms. The first-order valence-electron chi connectivity index (χ1n) is 9.67. The van der Waals surface area contributed by atoms with E-state index in [1.807, 2.05) is 12.1 Å². The summed E-state index contributed by atoms with van der Waals surface area (Å²) >= 11 is 6.32. The van der Waals surface area contributed by atoms with Crippen LogP contribution in [0.15, 0.2) is 17.1 Å². The number of nitrogens with one attached hydrogen (secondary N) is 2. The second-order valence-corrected chi connectivity index (χ2v) is 7.74. The quantitative estimate of drug-likeness (QED) is 0.547. The third-order valence-corrected chi connectivity index (χ3v) is 5.75. The van der Waals surface area contributed by atoms with Gasteiger partial charge in [-0.2, -0.15) is 0 Å². The maximum Gasteiger partial charge on any atom is 0.191 e. The van der Waals surface area contributed by atoms with Crippen LogP contribution in [0.5, 0.6) is 11.5 Å². The van der Waals surface area contributed by atoms with Crippen LogP contribution in [0, 0.1) is 5.41 Å². The highest BCUT2D eigenvalue weighted by molar-refractivity contribution is 6.32. The fourth-order valence-electron chi connectivity index (χ4n) is 3.90. The molecule has 0 radical (unpaired) electrons. The summed E-state index contributed by atoms with van der Waals surface area (Å²) in [5.74, 6) is 2.14. The minimum absolute atomic E-state index is 0.313. The molecule has 0 atom stereocenters. The molecular weight excluding hydrogens is 366 g/mol. The first kappa shape index (κ1) is 20.1. The minimum Gasteiger partial charge on any atom is -0.486 e. The van der Waals surface area contributed by atoms with Crippen LogP contribution in [0.2, 0.25) is 5.02 Å². The zero-order valence-electron chi connectivity index (χ0n) is 16.3. The summed E-state index contributed by atoms with van der Waals surface area (Å²) in [6.45, 7) is 3.42. The Morgan fingerprint density at radius 2 is 2.00 bits per heavy atom. The van der Waals surface area contributed by atoms with Crippen LogP contribution in [-0.4, -0.2) is 46.5 Å². The fraction of sp³-hybridized carbons (Fsp3) is 0.650. The van der Waals surface area contributed by atoms with Crippen molar-refractivity contribution in [3.05, 3.63) is 22.7 Å². The summed E-state index contributed by atoms with van der Waals surface area (Å²) in [7, 11) is 3.57. The van der Waals surface area contributed by atoms with Crippen LogP contribution < -0.4 is 20.1 Å². The van der Waals surface area contributed by atoms with E-state index < -0.39 is 0 Å². The molecule has 7 heteroatoms. The SMILES string of the molecule is CN=C(NCc1cc(Cl)c2c(c1)OCCO2)NCC1(CCOC)CCCC1. The highest BCUT2D eigenvalue weighted by Crippen LogP contribution is 2.40. The summed E-state index contributed by atoms with van der Waals surface area (Å²) < 4.78 is 16.5. The lowest BCUT2D eigenvalue weighted by atomic mass is 9.83. The second kappa shape index (κ2) is 9.51. The van der Waals surface area contributed by atoms with E-state index in [4.69, 9.17) is 25.8 Å². The molecule has 150 valence electrons. The van der Waals surface area contributed by atoms with Gasteiger partial charge < -0.3 is 24.8 Å². The lowest BCUT2D eigenvalue weighted by Gasteiger charge is -2.30. The Hall–Kier alpha value is -1.66. The Kier molecular flexibility index (Phi) is 7.07. The predicted octanol–water partition coefficient (Wildman–Crippen LogP) is 3.37. The van der Waals surface area contributed by atoms with Crippen molar-refractivity contribution in [3.8, 4) is 11.5 Å². The molecule has 1 aliphatic heterocycles. The van der Waals surface area contributed by atoms with Crippen molar-refractivity contribution >= 4 is 17.6 Å². The Balaban J connectivity index is 1.55. The largest absolute Gasteiger partial charge is 0.486 e. The zero-order valence-corrected chi connectivity index (χ0v) is 17.0. The number of guanidine groups is 1. The molecule has 1 saturated carbocycles. The molecule has 1 aromatic rings. The van der Waals surface area contributed by atoms with Gasteiger partial charge >= 0.3 is 0 Å². The molecule has 1 aliphatic carbocycles. The average Bonchev–Trinajstić information content (AvgIpc) is 3.16. The van der Waals surface area contributed by atoms with Crippen molar-refractivity contribution in [2.75, 3.05) is 40.5 Å². The number of fused-ring (bicyclic) bond motifs is 1. The Bertz CT molecular complexity index is 660. The molecule has 0 unspecified atom stereocenters. The number of hydrogen-bond donors (Lipinski definition) is 2. The van der Waals surface area contributed by atoms with Gasteiger partial charge in [-0.1, -0.05) is 24.4 Å². The molecule has 0 bridgehead atoms. The van der Waals surface area contributed by atoms with Gasteiger partial charge in [0, 0.05) is 33.9 Å². The van der Waals surface area contributed by atoms with Gasteiger partial charge in [-0.05, 0) is 42.4 Å². The lowest BCUT2D eigenvalue weighted by molar-refractivity contribution is 0.138. The molecule has 3 rings (SSSR count). The van der Waals surface area contributed by atoms with Crippen LogP contribution >= 0.6 is 11.6 Å². The Labute approximate surface area is 166 Å². The van der Waals surface area contributed by atoms with Crippen molar-refractivity contribution in [2.45, 2.75) is 38.6 Å². The molecule has 0 saturated heterocycles. The van der Waals surface area contributed by atoms with Crippen molar-refractivity contribution in [1.82, 2.24) is 10.6 Å². The van der Waals surface area contributed by atoms with Crippen molar-refractivity contribution in [1.29, 1.82) is 0 Å². The molecule has 0 aromatic heterocycles. The van der Waals surface area contributed by atoms with E-state index in [1.165, 1.54) is 25.7 Å². The first-order chi connectivity index (χ1) is 13.2. The minimum atomic E-state index is 0.313. The van der Waals surface area contributed by atoms with Gasteiger partial charge in [0.25, 0.3) is 0 Å². The third-order valence-electron chi connectivity index (χ3n) is 5.47. The smallest absolute Gasteiger partial charge is 0.191 e. The van der Waals surface area contributed by atoms with Gasteiger partial charge in [0.15, 0.2) is 17.5 Å². The molecule has 0 spiro atoms. The second-order valence-electron chi connectivity index (χ2n) is 7.33. The molecule has 2 N–H and O–H groups in total. The highest BCUT2D eigenvalue weighted by Gasteiger charge is 2.33. The average molecular weight is 396 g/mol. The lowest BCUT2D eigenvalue weighted by Crippen LogP contribution is -2.43. The van der Waals surface area contributed by atoms with E-state index in [2.05, 4.69) is 15.6 Å².